The average Bonchev–Trinajstić information content (AvgIpc) is 2.58. The second kappa shape index (κ2) is 9.78. The zero-order valence-electron chi connectivity index (χ0n) is 16.6. The zero-order chi connectivity index (χ0) is 18.5. The number of benzene rings is 1. The Morgan fingerprint density at radius 1 is 1.27 bits per heavy atom. The van der Waals surface area contributed by atoms with Crippen LogP contribution in [0.2, 0.25) is 0 Å². The van der Waals surface area contributed by atoms with Crippen molar-refractivity contribution in [1.29, 1.82) is 0 Å². The third-order valence-corrected chi connectivity index (χ3v) is 4.88. The number of rotatable bonds is 6. The summed E-state index contributed by atoms with van der Waals surface area (Å²) in [7, 11) is 0. The van der Waals surface area contributed by atoms with Gasteiger partial charge in [0.15, 0.2) is 5.96 Å². The van der Waals surface area contributed by atoms with Crippen LogP contribution >= 0.6 is 24.0 Å². The van der Waals surface area contributed by atoms with Crippen LogP contribution in [0.1, 0.15) is 65.5 Å². The quantitative estimate of drug-likeness (QED) is 0.331. The Hall–Kier alpha value is -1.02. The number of hydrogen-bond donors (Lipinski definition) is 3. The predicted molar refractivity (Wildman–Crippen MR) is 119 cm³/mol. The van der Waals surface area contributed by atoms with Gasteiger partial charge in [-0.2, -0.15) is 0 Å². The molecule has 1 heterocycles. The first-order chi connectivity index (χ1) is 11.8. The van der Waals surface area contributed by atoms with Gasteiger partial charge >= 0.3 is 0 Å². The van der Waals surface area contributed by atoms with E-state index < -0.39 is 5.60 Å². The Morgan fingerprint density at radius 2 is 1.92 bits per heavy atom. The normalized spacial score (nSPS) is 19.0. The van der Waals surface area contributed by atoms with Crippen LogP contribution in [0.3, 0.4) is 0 Å². The number of fused-ring (bicyclic) bond motifs is 1. The summed E-state index contributed by atoms with van der Waals surface area (Å²) in [5.74, 6) is 1.66. The molecule has 0 saturated carbocycles. The standard InChI is InChI=1S/C20H33N3O2.HI/c1-6-20(24,7-2)14-22-18(21-8-3)23-16-13-19(4,5)25-17-12-10-9-11-15(16)17;/h9-12,16,24H,6-8,13-14H2,1-5H3,(H2,21,22,23);1H. The molecule has 1 aromatic rings. The highest BCUT2D eigenvalue weighted by Crippen LogP contribution is 2.39. The molecular formula is C20H34IN3O2. The van der Waals surface area contributed by atoms with E-state index in [0.29, 0.717) is 19.4 Å². The Morgan fingerprint density at radius 3 is 2.54 bits per heavy atom. The number of nitrogens with one attached hydrogen (secondary N) is 2. The lowest BCUT2D eigenvalue weighted by molar-refractivity contribution is 0.0416. The highest BCUT2D eigenvalue weighted by Gasteiger charge is 2.34. The zero-order valence-corrected chi connectivity index (χ0v) is 19.0. The Bertz CT molecular complexity index is 600. The minimum atomic E-state index is -0.741. The van der Waals surface area contributed by atoms with Gasteiger partial charge < -0.3 is 20.5 Å². The molecular weight excluding hydrogens is 441 g/mol. The number of hydrogen-bond acceptors (Lipinski definition) is 3. The summed E-state index contributed by atoms with van der Waals surface area (Å²) in [4.78, 5) is 4.65. The summed E-state index contributed by atoms with van der Waals surface area (Å²) in [5, 5.41) is 17.3. The summed E-state index contributed by atoms with van der Waals surface area (Å²) < 4.78 is 6.10. The van der Waals surface area contributed by atoms with Crippen molar-refractivity contribution >= 4 is 29.9 Å². The van der Waals surface area contributed by atoms with Gasteiger partial charge in [-0.15, -0.1) is 24.0 Å². The molecule has 0 amide bonds. The van der Waals surface area contributed by atoms with E-state index in [4.69, 9.17) is 4.74 Å². The van der Waals surface area contributed by atoms with Crippen molar-refractivity contribution in [3.63, 3.8) is 0 Å². The van der Waals surface area contributed by atoms with Crippen molar-refractivity contribution in [2.75, 3.05) is 13.1 Å². The lowest BCUT2D eigenvalue weighted by atomic mass is 9.90. The molecule has 0 bridgehead atoms. The van der Waals surface area contributed by atoms with E-state index in [0.717, 1.165) is 30.2 Å². The molecule has 0 aromatic heterocycles. The van der Waals surface area contributed by atoms with Crippen LogP contribution in [0, 0.1) is 0 Å². The summed E-state index contributed by atoms with van der Waals surface area (Å²) in [6.07, 6.45) is 2.24. The van der Waals surface area contributed by atoms with Gasteiger partial charge in [-0.25, -0.2) is 0 Å². The van der Waals surface area contributed by atoms with Crippen LogP contribution in [-0.4, -0.2) is 35.4 Å². The van der Waals surface area contributed by atoms with E-state index in [1.807, 2.05) is 39.0 Å². The van der Waals surface area contributed by atoms with Crippen molar-refractivity contribution in [2.45, 2.75) is 71.1 Å². The number of halogens is 1. The number of guanidine groups is 1. The van der Waals surface area contributed by atoms with E-state index in [-0.39, 0.29) is 35.6 Å². The highest BCUT2D eigenvalue weighted by atomic mass is 127. The van der Waals surface area contributed by atoms with Crippen LogP contribution in [0.4, 0.5) is 0 Å². The fraction of sp³-hybridized carbons (Fsp3) is 0.650. The van der Waals surface area contributed by atoms with Crippen LogP contribution in [-0.2, 0) is 0 Å². The van der Waals surface area contributed by atoms with Crippen molar-refractivity contribution < 1.29 is 9.84 Å². The number of ether oxygens (including phenoxy) is 1. The minimum absolute atomic E-state index is 0. The third-order valence-electron chi connectivity index (χ3n) is 4.88. The van der Waals surface area contributed by atoms with Crippen LogP contribution in [0.5, 0.6) is 5.75 Å². The SMILES string of the molecule is CCNC(=NCC(O)(CC)CC)NC1CC(C)(C)Oc2ccccc21.I. The molecule has 3 N–H and O–H groups in total. The number of aliphatic hydroxyl groups is 1. The van der Waals surface area contributed by atoms with E-state index in [1.165, 1.54) is 0 Å². The molecule has 5 nitrogen and oxygen atoms in total. The fourth-order valence-electron chi connectivity index (χ4n) is 3.12. The van der Waals surface area contributed by atoms with Gasteiger partial charge in [0.1, 0.15) is 11.4 Å². The monoisotopic (exact) mass is 475 g/mol. The minimum Gasteiger partial charge on any atom is -0.487 e. The molecule has 0 saturated heterocycles. The van der Waals surface area contributed by atoms with Gasteiger partial charge in [-0.1, -0.05) is 32.0 Å². The highest BCUT2D eigenvalue weighted by molar-refractivity contribution is 14.0. The number of nitrogens with zero attached hydrogens (tertiary/aromatic N) is 1. The van der Waals surface area contributed by atoms with Crippen molar-refractivity contribution in [2.24, 2.45) is 4.99 Å². The Balaban J connectivity index is 0.00000338. The maximum Gasteiger partial charge on any atom is 0.191 e. The largest absolute Gasteiger partial charge is 0.487 e. The second-order valence-electron chi connectivity index (χ2n) is 7.43. The first-order valence-electron chi connectivity index (χ1n) is 9.37. The molecule has 148 valence electrons. The van der Waals surface area contributed by atoms with E-state index >= 15 is 0 Å². The Labute approximate surface area is 175 Å². The van der Waals surface area contributed by atoms with Crippen molar-refractivity contribution in [3.8, 4) is 5.75 Å². The lowest BCUT2D eigenvalue weighted by Crippen LogP contribution is -2.46. The predicted octanol–water partition coefficient (Wildman–Crippen LogP) is 4.01. The maximum atomic E-state index is 10.5. The van der Waals surface area contributed by atoms with E-state index in [2.05, 4.69) is 35.5 Å². The molecule has 2 rings (SSSR count). The van der Waals surface area contributed by atoms with Gasteiger partial charge in [0.05, 0.1) is 18.2 Å². The van der Waals surface area contributed by atoms with Crippen molar-refractivity contribution in [1.82, 2.24) is 10.6 Å². The average molecular weight is 475 g/mol. The molecule has 6 heteroatoms. The maximum absolute atomic E-state index is 10.5. The molecule has 0 radical (unpaired) electrons. The smallest absolute Gasteiger partial charge is 0.191 e. The topological polar surface area (TPSA) is 65.9 Å². The first kappa shape index (κ1) is 23.0. The first-order valence-corrected chi connectivity index (χ1v) is 9.37. The third kappa shape index (κ3) is 6.01. The van der Waals surface area contributed by atoms with Crippen molar-refractivity contribution in [3.05, 3.63) is 29.8 Å². The Kier molecular flexibility index (Phi) is 8.66. The van der Waals surface area contributed by atoms with Crippen LogP contribution < -0.4 is 15.4 Å². The molecule has 0 aliphatic carbocycles. The molecule has 0 fully saturated rings. The van der Waals surface area contributed by atoms with Gasteiger partial charge in [0.2, 0.25) is 0 Å². The molecule has 1 aliphatic rings. The molecule has 1 unspecified atom stereocenters. The summed E-state index contributed by atoms with van der Waals surface area (Å²) in [6, 6.07) is 8.27. The van der Waals surface area contributed by atoms with Gasteiger partial charge in [-0.05, 0) is 39.7 Å². The fourth-order valence-corrected chi connectivity index (χ4v) is 3.12. The second-order valence-corrected chi connectivity index (χ2v) is 7.43. The van der Waals surface area contributed by atoms with Crippen LogP contribution in [0.15, 0.2) is 29.3 Å². The summed E-state index contributed by atoms with van der Waals surface area (Å²) >= 11 is 0. The molecule has 26 heavy (non-hydrogen) atoms. The molecule has 0 spiro atoms. The van der Waals surface area contributed by atoms with Crippen LogP contribution in [0.25, 0.3) is 0 Å². The van der Waals surface area contributed by atoms with E-state index in [1.54, 1.807) is 0 Å². The molecule has 1 aromatic carbocycles. The molecule has 1 atom stereocenters. The lowest BCUT2D eigenvalue weighted by Gasteiger charge is -2.38. The van der Waals surface area contributed by atoms with E-state index in [9.17, 15) is 5.11 Å². The summed E-state index contributed by atoms with van der Waals surface area (Å²) in [5.41, 5.74) is 0.167. The van der Waals surface area contributed by atoms with Gasteiger partial charge in [-0.3, -0.25) is 4.99 Å². The molecule has 1 aliphatic heterocycles. The number of para-hydroxylation sites is 1. The number of aliphatic imine (C=N–C) groups is 1. The van der Waals surface area contributed by atoms with Gasteiger partial charge in [0, 0.05) is 18.5 Å². The summed E-state index contributed by atoms with van der Waals surface area (Å²) in [6.45, 7) is 11.4. The van der Waals surface area contributed by atoms with Gasteiger partial charge in [0.25, 0.3) is 0 Å².